The molecule has 0 atom stereocenters. The van der Waals surface area contributed by atoms with E-state index in [-0.39, 0.29) is 11.6 Å². The molecule has 0 bridgehead atoms. The molecule has 0 radical (unpaired) electrons. The number of hydrogen-bond donors (Lipinski definition) is 0. The van der Waals surface area contributed by atoms with E-state index in [4.69, 9.17) is 4.74 Å². The summed E-state index contributed by atoms with van der Waals surface area (Å²) >= 11 is 0. The first-order chi connectivity index (χ1) is 6.72. The molecular weight excluding hydrogens is 176 g/mol. The summed E-state index contributed by atoms with van der Waals surface area (Å²) < 4.78 is 5.63. The Kier molecular flexibility index (Phi) is 4.43. The molecule has 14 heavy (non-hydrogen) atoms. The maximum absolute atomic E-state index is 11.5. The van der Waals surface area contributed by atoms with Crippen molar-refractivity contribution in [3.05, 3.63) is 0 Å². The highest BCUT2D eigenvalue weighted by Crippen LogP contribution is 2.34. The Morgan fingerprint density at radius 3 is 2.36 bits per heavy atom. The number of esters is 1. The first-order valence-electron chi connectivity index (χ1n) is 5.94. The molecule has 1 aliphatic carbocycles. The molecule has 2 nitrogen and oxygen atoms in total. The average Bonchev–Trinajstić information content (AvgIpc) is 2.19. The molecule has 0 aromatic heterocycles. The molecule has 1 rings (SSSR count). The van der Waals surface area contributed by atoms with E-state index in [2.05, 4.69) is 6.92 Å². The summed E-state index contributed by atoms with van der Waals surface area (Å²) in [4.78, 5) is 11.5. The van der Waals surface area contributed by atoms with E-state index in [1.165, 1.54) is 19.3 Å². The second-order valence-electron chi connectivity index (χ2n) is 4.32. The van der Waals surface area contributed by atoms with Gasteiger partial charge in [0.25, 0.3) is 0 Å². The van der Waals surface area contributed by atoms with E-state index in [0.29, 0.717) is 6.42 Å². The second-order valence-corrected chi connectivity index (χ2v) is 4.32. The van der Waals surface area contributed by atoms with Crippen LogP contribution in [0.15, 0.2) is 0 Å². The maximum Gasteiger partial charge on any atom is 0.306 e. The molecule has 0 heterocycles. The Morgan fingerprint density at radius 1 is 1.21 bits per heavy atom. The van der Waals surface area contributed by atoms with Gasteiger partial charge < -0.3 is 4.74 Å². The molecule has 0 spiro atoms. The molecule has 0 unspecified atom stereocenters. The van der Waals surface area contributed by atoms with Crippen molar-refractivity contribution >= 4 is 5.97 Å². The van der Waals surface area contributed by atoms with Gasteiger partial charge in [0, 0.05) is 6.42 Å². The van der Waals surface area contributed by atoms with E-state index in [1.807, 2.05) is 6.92 Å². The van der Waals surface area contributed by atoms with Crippen LogP contribution < -0.4 is 0 Å². The predicted octanol–water partition coefficient (Wildman–Crippen LogP) is 3.44. The van der Waals surface area contributed by atoms with Crippen LogP contribution in [0.25, 0.3) is 0 Å². The Bertz CT molecular complexity index is 181. The molecule has 1 fully saturated rings. The fourth-order valence-electron chi connectivity index (χ4n) is 2.22. The second kappa shape index (κ2) is 5.38. The number of ether oxygens (including phenoxy) is 1. The molecule has 0 saturated heterocycles. The third-order valence-electron chi connectivity index (χ3n) is 3.19. The zero-order valence-corrected chi connectivity index (χ0v) is 9.47. The van der Waals surface area contributed by atoms with E-state index >= 15 is 0 Å². The SMILES string of the molecule is CCCC(=O)OC1(CC)CCCCC1. The average molecular weight is 198 g/mol. The topological polar surface area (TPSA) is 26.3 Å². The quantitative estimate of drug-likeness (QED) is 0.647. The summed E-state index contributed by atoms with van der Waals surface area (Å²) in [5, 5.41) is 0. The predicted molar refractivity (Wildman–Crippen MR) is 57.1 cm³/mol. The third kappa shape index (κ3) is 3.00. The van der Waals surface area contributed by atoms with Gasteiger partial charge in [-0.15, -0.1) is 0 Å². The summed E-state index contributed by atoms with van der Waals surface area (Å²) in [7, 11) is 0. The van der Waals surface area contributed by atoms with Crippen molar-refractivity contribution in [2.24, 2.45) is 0 Å². The first kappa shape index (κ1) is 11.5. The van der Waals surface area contributed by atoms with Gasteiger partial charge in [-0.05, 0) is 38.5 Å². The lowest BCUT2D eigenvalue weighted by Gasteiger charge is -2.36. The minimum absolute atomic E-state index is 0.00347. The maximum atomic E-state index is 11.5. The van der Waals surface area contributed by atoms with E-state index in [9.17, 15) is 4.79 Å². The molecule has 0 amide bonds. The van der Waals surface area contributed by atoms with Crippen molar-refractivity contribution in [3.8, 4) is 0 Å². The van der Waals surface area contributed by atoms with Crippen LogP contribution in [0.1, 0.15) is 65.2 Å². The van der Waals surface area contributed by atoms with Crippen molar-refractivity contribution in [3.63, 3.8) is 0 Å². The van der Waals surface area contributed by atoms with Crippen LogP contribution in [0.3, 0.4) is 0 Å². The van der Waals surface area contributed by atoms with E-state index in [0.717, 1.165) is 25.7 Å². The summed E-state index contributed by atoms with van der Waals surface area (Å²) in [6.45, 7) is 4.14. The Hall–Kier alpha value is -0.530. The molecule has 1 saturated carbocycles. The van der Waals surface area contributed by atoms with Crippen LogP contribution in [-0.2, 0) is 9.53 Å². The lowest BCUT2D eigenvalue weighted by atomic mass is 9.83. The summed E-state index contributed by atoms with van der Waals surface area (Å²) in [5.74, 6) is -0.00347. The van der Waals surface area contributed by atoms with Gasteiger partial charge in [-0.25, -0.2) is 0 Å². The molecule has 0 aliphatic heterocycles. The van der Waals surface area contributed by atoms with E-state index in [1.54, 1.807) is 0 Å². The van der Waals surface area contributed by atoms with Crippen LogP contribution in [0.4, 0.5) is 0 Å². The van der Waals surface area contributed by atoms with Gasteiger partial charge in [0.05, 0.1) is 0 Å². The fourth-order valence-corrected chi connectivity index (χ4v) is 2.22. The number of carbonyl (C=O) groups excluding carboxylic acids is 1. The minimum Gasteiger partial charge on any atom is -0.459 e. The number of hydrogen-bond acceptors (Lipinski definition) is 2. The molecular formula is C12H22O2. The fraction of sp³-hybridized carbons (Fsp3) is 0.917. The van der Waals surface area contributed by atoms with Gasteiger partial charge in [0.2, 0.25) is 0 Å². The molecule has 1 aliphatic rings. The van der Waals surface area contributed by atoms with Gasteiger partial charge in [-0.3, -0.25) is 4.79 Å². The normalized spacial score (nSPS) is 20.4. The van der Waals surface area contributed by atoms with Crippen LogP contribution in [0.5, 0.6) is 0 Å². The first-order valence-corrected chi connectivity index (χ1v) is 5.94. The summed E-state index contributed by atoms with van der Waals surface area (Å²) in [6, 6.07) is 0. The Balaban J connectivity index is 2.47. The van der Waals surface area contributed by atoms with Gasteiger partial charge in [0.1, 0.15) is 5.60 Å². The smallest absolute Gasteiger partial charge is 0.306 e. The standard InChI is InChI=1S/C12H22O2/c1-3-8-11(13)14-12(4-2)9-6-5-7-10-12/h3-10H2,1-2H3. The van der Waals surface area contributed by atoms with Crippen molar-refractivity contribution < 1.29 is 9.53 Å². The highest BCUT2D eigenvalue weighted by atomic mass is 16.6. The van der Waals surface area contributed by atoms with Crippen molar-refractivity contribution in [1.82, 2.24) is 0 Å². The zero-order valence-electron chi connectivity index (χ0n) is 9.47. The Morgan fingerprint density at radius 2 is 1.86 bits per heavy atom. The van der Waals surface area contributed by atoms with Gasteiger partial charge in [0.15, 0.2) is 0 Å². The van der Waals surface area contributed by atoms with Gasteiger partial charge in [-0.1, -0.05) is 20.3 Å². The van der Waals surface area contributed by atoms with Crippen LogP contribution >= 0.6 is 0 Å². The summed E-state index contributed by atoms with van der Waals surface area (Å²) in [6.07, 6.45) is 8.30. The molecule has 0 N–H and O–H groups in total. The van der Waals surface area contributed by atoms with Crippen molar-refractivity contribution in [1.29, 1.82) is 0 Å². The molecule has 0 aromatic rings. The summed E-state index contributed by atoms with van der Waals surface area (Å²) in [5.41, 5.74) is -0.107. The Labute approximate surface area is 87.0 Å². The lowest BCUT2D eigenvalue weighted by molar-refractivity contribution is -0.163. The number of carbonyl (C=O) groups is 1. The zero-order chi connectivity index (χ0) is 10.4. The highest BCUT2D eigenvalue weighted by Gasteiger charge is 2.33. The van der Waals surface area contributed by atoms with Gasteiger partial charge >= 0.3 is 5.97 Å². The lowest BCUT2D eigenvalue weighted by Crippen LogP contribution is -2.36. The van der Waals surface area contributed by atoms with Crippen molar-refractivity contribution in [2.45, 2.75) is 70.8 Å². The minimum atomic E-state index is -0.107. The molecule has 0 aromatic carbocycles. The number of rotatable bonds is 4. The largest absolute Gasteiger partial charge is 0.459 e. The van der Waals surface area contributed by atoms with Gasteiger partial charge in [-0.2, -0.15) is 0 Å². The highest BCUT2D eigenvalue weighted by molar-refractivity contribution is 5.69. The van der Waals surface area contributed by atoms with Crippen LogP contribution in [0.2, 0.25) is 0 Å². The van der Waals surface area contributed by atoms with E-state index < -0.39 is 0 Å². The molecule has 82 valence electrons. The third-order valence-corrected chi connectivity index (χ3v) is 3.19. The molecule has 2 heteroatoms. The monoisotopic (exact) mass is 198 g/mol. The van der Waals surface area contributed by atoms with Crippen LogP contribution in [-0.4, -0.2) is 11.6 Å². The van der Waals surface area contributed by atoms with Crippen molar-refractivity contribution in [2.75, 3.05) is 0 Å². The van der Waals surface area contributed by atoms with Crippen LogP contribution in [0, 0.1) is 0 Å².